The summed E-state index contributed by atoms with van der Waals surface area (Å²) in [7, 11) is 3.80. The van der Waals surface area contributed by atoms with Crippen LogP contribution in [0.15, 0.2) is 0 Å². The zero-order valence-electron chi connectivity index (χ0n) is 11.7. The highest BCUT2D eigenvalue weighted by atomic mass is 28.4. The van der Waals surface area contributed by atoms with Gasteiger partial charge in [-0.25, -0.2) is 4.79 Å². The Morgan fingerprint density at radius 1 is 1.22 bits per heavy atom. The summed E-state index contributed by atoms with van der Waals surface area (Å²) in [6.07, 6.45) is 0.745. The van der Waals surface area contributed by atoms with Gasteiger partial charge in [-0.3, -0.25) is 0 Å². The van der Waals surface area contributed by atoms with Gasteiger partial charge in [-0.2, -0.15) is 0 Å². The van der Waals surface area contributed by atoms with Gasteiger partial charge in [-0.15, -0.1) is 0 Å². The van der Waals surface area contributed by atoms with Gasteiger partial charge in [0.25, 0.3) is 0 Å². The average Bonchev–Trinajstić information content (AvgIpc) is 2.42. The number of nitrogens with one attached hydrogen (secondary N) is 1. The largest absolute Gasteiger partial charge is 0.500 e. The minimum absolute atomic E-state index is 0.125. The second-order valence-electron chi connectivity index (χ2n) is 3.73. The van der Waals surface area contributed by atoms with Crippen LogP contribution in [0.25, 0.3) is 0 Å². The minimum atomic E-state index is -2.54. The number of rotatable bonds is 9. The van der Waals surface area contributed by atoms with Crippen LogP contribution in [0.1, 0.15) is 6.42 Å². The lowest BCUT2D eigenvalue weighted by atomic mass is 10.4. The van der Waals surface area contributed by atoms with Crippen molar-refractivity contribution in [3.8, 4) is 0 Å². The zero-order valence-corrected chi connectivity index (χ0v) is 12.7. The van der Waals surface area contributed by atoms with E-state index in [-0.39, 0.29) is 6.03 Å². The molecule has 0 heterocycles. The summed E-state index contributed by atoms with van der Waals surface area (Å²) >= 11 is 0. The summed E-state index contributed by atoms with van der Waals surface area (Å²) < 4.78 is 15.9. The van der Waals surface area contributed by atoms with Gasteiger partial charge < -0.3 is 29.2 Å². The number of hydrogen-bond donors (Lipinski definition) is 2. The standard InChI is InChI=1S/C10H25N3O4Si/c1-12-10(14)13(8-6-11)7-5-9-18(15-2,16-3)17-4/h5-9,11H2,1-4H3,(H,12,14). The fourth-order valence-electron chi connectivity index (χ4n) is 1.67. The van der Waals surface area contributed by atoms with Gasteiger partial charge in [0.05, 0.1) is 0 Å². The van der Waals surface area contributed by atoms with Crippen LogP contribution in [-0.2, 0) is 13.3 Å². The molecule has 0 radical (unpaired) electrons. The molecule has 0 aromatic rings. The van der Waals surface area contributed by atoms with Gasteiger partial charge in [0.2, 0.25) is 0 Å². The van der Waals surface area contributed by atoms with Crippen LogP contribution in [0.3, 0.4) is 0 Å². The Morgan fingerprint density at radius 2 is 1.78 bits per heavy atom. The molecule has 0 unspecified atom stereocenters. The normalized spacial score (nSPS) is 11.4. The molecular weight excluding hydrogens is 254 g/mol. The SMILES string of the molecule is CNC(=O)N(CCN)CCC[Si](OC)(OC)OC. The third-order valence-corrected chi connectivity index (χ3v) is 5.58. The molecule has 3 N–H and O–H groups in total. The van der Waals surface area contributed by atoms with E-state index in [1.807, 2.05) is 0 Å². The first-order valence-corrected chi connectivity index (χ1v) is 7.84. The molecule has 0 saturated heterocycles. The highest BCUT2D eigenvalue weighted by Crippen LogP contribution is 2.15. The van der Waals surface area contributed by atoms with Crippen LogP contribution < -0.4 is 11.1 Å². The van der Waals surface area contributed by atoms with E-state index in [9.17, 15) is 4.79 Å². The van der Waals surface area contributed by atoms with Crippen LogP contribution in [-0.4, -0.2) is 67.7 Å². The van der Waals surface area contributed by atoms with Crippen LogP contribution in [0.4, 0.5) is 4.79 Å². The van der Waals surface area contributed by atoms with Crippen LogP contribution >= 0.6 is 0 Å². The Hall–Kier alpha value is -0.673. The van der Waals surface area contributed by atoms with E-state index in [2.05, 4.69) is 5.32 Å². The predicted octanol–water partition coefficient (Wildman–Crippen LogP) is -0.145. The van der Waals surface area contributed by atoms with Crippen molar-refractivity contribution in [3.05, 3.63) is 0 Å². The Morgan fingerprint density at radius 3 is 2.17 bits per heavy atom. The quantitative estimate of drug-likeness (QED) is 0.574. The van der Waals surface area contributed by atoms with Crippen molar-refractivity contribution >= 4 is 14.8 Å². The number of urea groups is 1. The molecule has 0 fully saturated rings. The van der Waals surface area contributed by atoms with Crippen LogP contribution in [0.2, 0.25) is 6.04 Å². The van der Waals surface area contributed by atoms with E-state index < -0.39 is 8.80 Å². The lowest BCUT2D eigenvalue weighted by Gasteiger charge is -2.26. The predicted molar refractivity (Wildman–Crippen MR) is 71.3 cm³/mol. The third-order valence-electron chi connectivity index (χ3n) is 2.74. The molecule has 0 aromatic carbocycles. The second kappa shape index (κ2) is 9.28. The number of nitrogens with two attached hydrogens (primary N) is 1. The number of amides is 2. The summed E-state index contributed by atoms with van der Waals surface area (Å²) in [5.41, 5.74) is 5.47. The van der Waals surface area contributed by atoms with Crippen molar-refractivity contribution in [3.63, 3.8) is 0 Å². The Labute approximate surface area is 110 Å². The van der Waals surface area contributed by atoms with E-state index in [0.717, 1.165) is 6.42 Å². The molecule has 0 atom stereocenters. The molecule has 0 saturated carbocycles. The number of carbonyl (C=O) groups is 1. The maximum absolute atomic E-state index is 11.5. The molecular formula is C10H25N3O4Si. The van der Waals surface area contributed by atoms with Gasteiger partial charge in [0.15, 0.2) is 0 Å². The Bertz CT molecular complexity index is 231. The van der Waals surface area contributed by atoms with Gasteiger partial charge in [-0.1, -0.05) is 0 Å². The molecule has 0 bridgehead atoms. The fraction of sp³-hybridized carbons (Fsp3) is 0.900. The fourth-order valence-corrected chi connectivity index (χ4v) is 3.37. The number of hydrogen-bond acceptors (Lipinski definition) is 5. The topological polar surface area (TPSA) is 86.1 Å². The van der Waals surface area contributed by atoms with Crippen LogP contribution in [0.5, 0.6) is 0 Å². The second-order valence-corrected chi connectivity index (χ2v) is 6.82. The molecule has 108 valence electrons. The molecule has 0 spiro atoms. The van der Waals surface area contributed by atoms with Gasteiger partial charge >= 0.3 is 14.8 Å². The summed E-state index contributed by atoms with van der Waals surface area (Å²) in [5, 5.41) is 2.59. The van der Waals surface area contributed by atoms with Gasteiger partial charge in [0.1, 0.15) is 0 Å². The maximum atomic E-state index is 11.5. The summed E-state index contributed by atoms with van der Waals surface area (Å²) in [4.78, 5) is 13.2. The molecule has 0 aliphatic rings. The third kappa shape index (κ3) is 5.32. The Kier molecular flexibility index (Phi) is 8.94. The molecule has 0 rings (SSSR count). The number of carbonyl (C=O) groups excluding carboxylic acids is 1. The van der Waals surface area contributed by atoms with Crippen molar-refractivity contribution in [2.24, 2.45) is 5.73 Å². The first-order valence-electron chi connectivity index (χ1n) is 5.91. The van der Waals surface area contributed by atoms with Crippen molar-refractivity contribution < 1.29 is 18.1 Å². The van der Waals surface area contributed by atoms with E-state index in [1.165, 1.54) is 0 Å². The molecule has 0 aromatic heterocycles. The highest BCUT2D eigenvalue weighted by Gasteiger charge is 2.37. The van der Waals surface area contributed by atoms with Crippen molar-refractivity contribution in [2.45, 2.75) is 12.5 Å². The maximum Gasteiger partial charge on any atom is 0.500 e. The van der Waals surface area contributed by atoms with Gasteiger partial charge in [0, 0.05) is 54.1 Å². The average molecular weight is 279 g/mol. The Balaban J connectivity index is 4.23. The zero-order chi connectivity index (χ0) is 14.0. The van der Waals surface area contributed by atoms with Crippen molar-refractivity contribution in [1.82, 2.24) is 10.2 Å². The smallest absolute Gasteiger partial charge is 0.377 e. The molecule has 2 amide bonds. The van der Waals surface area contributed by atoms with Gasteiger partial charge in [-0.05, 0) is 6.42 Å². The minimum Gasteiger partial charge on any atom is -0.377 e. The van der Waals surface area contributed by atoms with E-state index >= 15 is 0 Å². The first-order chi connectivity index (χ1) is 8.59. The molecule has 0 aliphatic heterocycles. The van der Waals surface area contributed by atoms with E-state index in [1.54, 1.807) is 33.3 Å². The summed E-state index contributed by atoms with van der Waals surface area (Å²) in [6, 6.07) is 0.536. The molecule has 7 nitrogen and oxygen atoms in total. The van der Waals surface area contributed by atoms with E-state index in [4.69, 9.17) is 19.0 Å². The highest BCUT2D eigenvalue weighted by molar-refractivity contribution is 6.60. The number of nitrogens with zero attached hydrogens (tertiary/aromatic N) is 1. The van der Waals surface area contributed by atoms with Crippen LogP contribution in [0, 0.1) is 0 Å². The lowest BCUT2D eigenvalue weighted by Crippen LogP contribution is -2.45. The molecule has 8 heteroatoms. The summed E-state index contributed by atoms with van der Waals surface area (Å²) in [6.45, 7) is 1.57. The van der Waals surface area contributed by atoms with Crippen molar-refractivity contribution in [1.29, 1.82) is 0 Å². The summed E-state index contributed by atoms with van der Waals surface area (Å²) in [5.74, 6) is 0. The monoisotopic (exact) mass is 279 g/mol. The molecule has 0 aliphatic carbocycles. The molecule has 18 heavy (non-hydrogen) atoms. The van der Waals surface area contributed by atoms with E-state index in [0.29, 0.717) is 25.7 Å². The first kappa shape index (κ1) is 17.3. The van der Waals surface area contributed by atoms with Crippen molar-refractivity contribution in [2.75, 3.05) is 48.0 Å². The lowest BCUT2D eigenvalue weighted by molar-refractivity contribution is 0.121.